The van der Waals surface area contributed by atoms with Crippen LogP contribution in [0.4, 0.5) is 0 Å². The van der Waals surface area contributed by atoms with Crippen molar-refractivity contribution in [2.45, 2.75) is 106 Å². The third kappa shape index (κ3) is 3.12. The number of hydrogen-bond donors (Lipinski definition) is 2. The molecule has 0 unspecified atom stereocenters. The van der Waals surface area contributed by atoms with Crippen molar-refractivity contribution in [1.82, 2.24) is 0 Å². The van der Waals surface area contributed by atoms with Crippen LogP contribution in [0.1, 0.15) is 99.8 Å². The van der Waals surface area contributed by atoms with E-state index in [-0.39, 0.29) is 17.4 Å². The number of carboxylic acid groups (broad SMARTS) is 1. The molecule has 5 aliphatic carbocycles. The fourth-order valence-electron chi connectivity index (χ4n) is 11.3. The first-order valence-electron chi connectivity index (χ1n) is 14.3. The van der Waals surface area contributed by atoms with Crippen molar-refractivity contribution >= 4 is 5.97 Å². The maximum absolute atomic E-state index is 12.3. The molecule has 0 aromatic carbocycles. The van der Waals surface area contributed by atoms with E-state index < -0.39 is 5.97 Å². The Labute approximate surface area is 202 Å². The largest absolute Gasteiger partial charge is 0.481 e. The molecule has 5 fully saturated rings. The summed E-state index contributed by atoms with van der Waals surface area (Å²) in [5, 5.41) is 21.0. The molecule has 0 saturated heterocycles. The highest BCUT2D eigenvalue weighted by Gasteiger charge is 2.67. The molecule has 188 valence electrons. The normalized spacial score (nSPS) is 57.8. The molecule has 2 N–H and O–H groups in total. The first-order valence-corrected chi connectivity index (χ1v) is 14.3. The summed E-state index contributed by atoms with van der Waals surface area (Å²) in [6.45, 7) is 17.1. The Morgan fingerprint density at radius 2 is 1.33 bits per heavy atom. The topological polar surface area (TPSA) is 57.5 Å². The molecule has 0 aromatic heterocycles. The number of rotatable bonds is 1. The monoisotopic (exact) mass is 458 g/mol. The van der Waals surface area contributed by atoms with Crippen molar-refractivity contribution < 1.29 is 15.0 Å². The predicted octanol–water partition coefficient (Wildman–Crippen LogP) is 6.88. The van der Waals surface area contributed by atoms with Crippen LogP contribution in [0.25, 0.3) is 0 Å². The van der Waals surface area contributed by atoms with Crippen molar-refractivity contribution in [2.24, 2.45) is 75.4 Å². The summed E-state index contributed by atoms with van der Waals surface area (Å²) in [7, 11) is 0. The molecule has 3 heteroatoms. The third-order valence-corrected chi connectivity index (χ3v) is 13.6. The van der Waals surface area contributed by atoms with E-state index in [1.165, 1.54) is 32.1 Å². The summed E-state index contributed by atoms with van der Waals surface area (Å²) in [6, 6.07) is 0. The van der Waals surface area contributed by atoms with Crippen molar-refractivity contribution in [3.05, 3.63) is 0 Å². The lowest BCUT2D eigenvalue weighted by atomic mass is 9.34. The van der Waals surface area contributed by atoms with Gasteiger partial charge in [0.1, 0.15) is 0 Å². The SMILES string of the molecule is C[C@@H]1[C@H]2[C@@H](CC[C@]3(C)[C@@H]2CC[C@@H]2[C@H]4[C@H](C)C[C@H](O)C(C)(C)[C@@H]4CC[C@]23C)[C@H](C(=O)O)C[C@H]1C. The predicted molar refractivity (Wildman–Crippen MR) is 132 cm³/mol. The first kappa shape index (κ1) is 24.1. The maximum Gasteiger partial charge on any atom is 0.306 e. The summed E-state index contributed by atoms with van der Waals surface area (Å²) in [5.74, 6) is 4.82. The maximum atomic E-state index is 12.3. The van der Waals surface area contributed by atoms with E-state index in [1.54, 1.807) is 0 Å². The average Bonchev–Trinajstić information content (AvgIpc) is 2.74. The molecule has 0 bridgehead atoms. The number of aliphatic carboxylic acids is 1. The smallest absolute Gasteiger partial charge is 0.306 e. The number of carbonyl (C=O) groups is 1. The van der Waals surface area contributed by atoms with E-state index in [0.717, 1.165) is 31.1 Å². The summed E-state index contributed by atoms with van der Waals surface area (Å²) < 4.78 is 0. The van der Waals surface area contributed by atoms with Gasteiger partial charge in [0.25, 0.3) is 0 Å². The average molecular weight is 459 g/mol. The van der Waals surface area contributed by atoms with Crippen LogP contribution in [0.5, 0.6) is 0 Å². The second-order valence-corrected chi connectivity index (χ2v) is 14.7. The minimum atomic E-state index is -0.537. The Morgan fingerprint density at radius 3 is 1.94 bits per heavy atom. The minimum absolute atomic E-state index is 0.0238. The standard InChI is InChI=1S/C30H50O3/c1-16-14-20(27(32)33)19-10-12-29(6)23(26(19)18(16)3)9-8-22-25-17(2)15-24(31)28(4,5)21(25)11-13-30(22,29)7/h16-26,31H,8-15H2,1-7H3,(H,32,33)/t16-,17-,18+,19+,20-,21-,22-,23-,24+,25+,26+,29-,30-/m1/s1. The summed E-state index contributed by atoms with van der Waals surface area (Å²) >= 11 is 0. The van der Waals surface area contributed by atoms with E-state index >= 15 is 0 Å². The molecule has 33 heavy (non-hydrogen) atoms. The van der Waals surface area contributed by atoms with Crippen LogP contribution in [-0.4, -0.2) is 22.3 Å². The van der Waals surface area contributed by atoms with Crippen LogP contribution in [0, 0.1) is 75.4 Å². The number of fused-ring (bicyclic) bond motifs is 7. The summed E-state index contributed by atoms with van der Waals surface area (Å²) in [4.78, 5) is 12.3. The minimum Gasteiger partial charge on any atom is -0.481 e. The molecule has 0 aliphatic heterocycles. The summed E-state index contributed by atoms with van der Waals surface area (Å²) in [6.07, 6.45) is 9.15. The van der Waals surface area contributed by atoms with Gasteiger partial charge in [-0.3, -0.25) is 4.79 Å². The van der Waals surface area contributed by atoms with Gasteiger partial charge >= 0.3 is 5.97 Å². The molecule has 0 heterocycles. The lowest BCUT2D eigenvalue weighted by Crippen LogP contribution is -2.65. The van der Waals surface area contributed by atoms with Crippen LogP contribution in [-0.2, 0) is 4.79 Å². The first-order chi connectivity index (χ1) is 15.3. The van der Waals surface area contributed by atoms with E-state index in [1.807, 2.05) is 0 Å². The van der Waals surface area contributed by atoms with E-state index in [2.05, 4.69) is 48.5 Å². The zero-order valence-electron chi connectivity index (χ0n) is 22.3. The molecule has 0 spiro atoms. The van der Waals surface area contributed by atoms with E-state index in [0.29, 0.717) is 52.3 Å². The molecule has 0 radical (unpaired) electrons. The van der Waals surface area contributed by atoms with Gasteiger partial charge in [-0.05, 0) is 121 Å². The lowest BCUT2D eigenvalue weighted by Gasteiger charge is -2.71. The number of aliphatic hydroxyl groups excluding tert-OH is 1. The van der Waals surface area contributed by atoms with Crippen LogP contribution >= 0.6 is 0 Å². The molecular formula is C30H50O3. The fraction of sp³-hybridized carbons (Fsp3) is 0.967. The lowest BCUT2D eigenvalue weighted by molar-refractivity contribution is -0.232. The van der Waals surface area contributed by atoms with Gasteiger partial charge in [-0.1, -0.05) is 48.5 Å². The van der Waals surface area contributed by atoms with Crippen molar-refractivity contribution in [3.8, 4) is 0 Å². The van der Waals surface area contributed by atoms with Crippen LogP contribution in [0.2, 0.25) is 0 Å². The van der Waals surface area contributed by atoms with E-state index in [4.69, 9.17) is 0 Å². The molecule has 5 saturated carbocycles. The van der Waals surface area contributed by atoms with Gasteiger partial charge in [0.05, 0.1) is 12.0 Å². The van der Waals surface area contributed by atoms with Gasteiger partial charge in [-0.15, -0.1) is 0 Å². The van der Waals surface area contributed by atoms with Gasteiger partial charge in [-0.25, -0.2) is 0 Å². The van der Waals surface area contributed by atoms with E-state index in [9.17, 15) is 15.0 Å². The zero-order valence-corrected chi connectivity index (χ0v) is 22.3. The Kier molecular flexibility index (Phi) is 5.64. The van der Waals surface area contributed by atoms with Gasteiger partial charge < -0.3 is 10.2 Å². The highest BCUT2D eigenvalue weighted by molar-refractivity contribution is 5.70. The Morgan fingerprint density at radius 1 is 0.758 bits per heavy atom. The summed E-state index contributed by atoms with van der Waals surface area (Å²) in [5.41, 5.74) is 0.681. The van der Waals surface area contributed by atoms with Gasteiger partial charge in [-0.2, -0.15) is 0 Å². The number of aliphatic hydroxyl groups is 1. The molecule has 3 nitrogen and oxygen atoms in total. The Hall–Kier alpha value is -0.570. The Bertz CT molecular complexity index is 789. The van der Waals surface area contributed by atoms with Crippen LogP contribution in [0.3, 0.4) is 0 Å². The number of carboxylic acids is 1. The van der Waals surface area contributed by atoms with Crippen molar-refractivity contribution in [1.29, 1.82) is 0 Å². The van der Waals surface area contributed by atoms with Crippen molar-refractivity contribution in [3.63, 3.8) is 0 Å². The van der Waals surface area contributed by atoms with Crippen LogP contribution < -0.4 is 0 Å². The van der Waals surface area contributed by atoms with Gasteiger partial charge in [0.15, 0.2) is 0 Å². The van der Waals surface area contributed by atoms with Crippen molar-refractivity contribution in [2.75, 3.05) is 0 Å². The third-order valence-electron chi connectivity index (χ3n) is 13.6. The van der Waals surface area contributed by atoms with Gasteiger partial charge in [0.2, 0.25) is 0 Å². The van der Waals surface area contributed by atoms with Crippen LogP contribution in [0.15, 0.2) is 0 Å². The fourth-order valence-corrected chi connectivity index (χ4v) is 11.3. The zero-order chi connectivity index (χ0) is 24.1. The molecule has 13 atom stereocenters. The molecule has 0 amide bonds. The molecule has 5 aliphatic rings. The molecular weight excluding hydrogens is 408 g/mol. The number of hydrogen-bond acceptors (Lipinski definition) is 2. The van der Waals surface area contributed by atoms with Gasteiger partial charge in [0, 0.05) is 0 Å². The molecule has 5 rings (SSSR count). The highest BCUT2D eigenvalue weighted by atomic mass is 16.4. The molecule has 0 aromatic rings. The second-order valence-electron chi connectivity index (χ2n) is 14.7. The second kappa shape index (κ2) is 7.71. The Balaban J connectivity index is 1.51. The quantitative estimate of drug-likeness (QED) is 0.450. The highest BCUT2D eigenvalue weighted by Crippen LogP contribution is 2.73.